The molecule has 8 nitrogen and oxygen atoms in total. The molecule has 224 valence electrons. The fourth-order valence-electron chi connectivity index (χ4n) is 5.00. The Morgan fingerprint density at radius 2 is 1.62 bits per heavy atom. The zero-order valence-electron chi connectivity index (χ0n) is 23.6. The van der Waals surface area contributed by atoms with Crippen LogP contribution in [0.5, 0.6) is 5.75 Å². The van der Waals surface area contributed by atoms with Crippen LogP contribution in [0.25, 0.3) is 0 Å². The van der Waals surface area contributed by atoms with Gasteiger partial charge in [-0.15, -0.1) is 0 Å². The van der Waals surface area contributed by atoms with Crippen molar-refractivity contribution in [2.45, 2.75) is 62.6 Å². The number of methoxy groups -OCH3 is 1. The van der Waals surface area contributed by atoms with Gasteiger partial charge in [0.1, 0.15) is 18.3 Å². The first-order valence-electron chi connectivity index (χ1n) is 13.9. The van der Waals surface area contributed by atoms with Crippen molar-refractivity contribution in [1.82, 2.24) is 10.2 Å². The summed E-state index contributed by atoms with van der Waals surface area (Å²) >= 11 is 12.7. The number of ether oxygens (including phenoxy) is 1. The van der Waals surface area contributed by atoms with E-state index in [1.54, 1.807) is 62.6 Å². The van der Waals surface area contributed by atoms with Gasteiger partial charge in [-0.2, -0.15) is 0 Å². The fraction of sp³-hybridized carbons (Fsp3) is 0.355. The van der Waals surface area contributed by atoms with Crippen molar-refractivity contribution in [3.8, 4) is 5.75 Å². The number of rotatable bonds is 11. The molecule has 3 aromatic rings. The number of amides is 2. The normalized spacial score (nSPS) is 14.6. The van der Waals surface area contributed by atoms with Crippen molar-refractivity contribution >= 4 is 50.7 Å². The molecule has 1 saturated carbocycles. The molecule has 0 unspecified atom stereocenters. The van der Waals surface area contributed by atoms with Crippen LogP contribution < -0.4 is 14.4 Å². The third-order valence-corrected chi connectivity index (χ3v) is 10.0. The Hall–Kier alpha value is -3.27. The molecular formula is C31H35Cl2N3O5S. The van der Waals surface area contributed by atoms with Crippen LogP contribution in [-0.4, -0.2) is 50.9 Å². The molecule has 1 N–H and O–H groups in total. The van der Waals surface area contributed by atoms with Crippen LogP contribution >= 0.6 is 23.2 Å². The maximum atomic E-state index is 14.1. The van der Waals surface area contributed by atoms with Crippen molar-refractivity contribution in [2.75, 3.05) is 18.0 Å². The lowest BCUT2D eigenvalue weighted by molar-refractivity contribution is -0.139. The first-order chi connectivity index (χ1) is 20.1. The van der Waals surface area contributed by atoms with Crippen molar-refractivity contribution < 1.29 is 22.7 Å². The summed E-state index contributed by atoms with van der Waals surface area (Å²) < 4.78 is 34.0. The van der Waals surface area contributed by atoms with Crippen molar-refractivity contribution in [3.05, 3.63) is 88.4 Å². The molecule has 4 rings (SSSR count). The van der Waals surface area contributed by atoms with Crippen LogP contribution in [0, 0.1) is 0 Å². The topological polar surface area (TPSA) is 96.0 Å². The van der Waals surface area contributed by atoms with Gasteiger partial charge in [0, 0.05) is 12.6 Å². The predicted octanol–water partition coefficient (Wildman–Crippen LogP) is 6.06. The number of anilines is 1. The van der Waals surface area contributed by atoms with E-state index in [1.165, 1.54) is 29.2 Å². The maximum Gasteiger partial charge on any atom is 0.264 e. The van der Waals surface area contributed by atoms with Crippen LogP contribution in [-0.2, 0) is 26.2 Å². The summed E-state index contributed by atoms with van der Waals surface area (Å²) in [5, 5.41) is 3.23. The summed E-state index contributed by atoms with van der Waals surface area (Å²) in [6.07, 6.45) is 5.01. The third kappa shape index (κ3) is 7.56. The quantitative estimate of drug-likeness (QED) is 0.277. The number of nitrogens with zero attached hydrogens (tertiary/aromatic N) is 2. The van der Waals surface area contributed by atoms with Crippen LogP contribution in [0.1, 0.15) is 44.6 Å². The molecule has 0 aliphatic heterocycles. The largest absolute Gasteiger partial charge is 0.497 e. The zero-order valence-corrected chi connectivity index (χ0v) is 26.0. The van der Waals surface area contributed by atoms with Gasteiger partial charge in [0.25, 0.3) is 10.0 Å². The van der Waals surface area contributed by atoms with Crippen LogP contribution in [0.15, 0.2) is 77.7 Å². The van der Waals surface area contributed by atoms with E-state index >= 15 is 0 Å². The highest BCUT2D eigenvalue weighted by Crippen LogP contribution is 2.35. The van der Waals surface area contributed by atoms with E-state index in [9.17, 15) is 18.0 Å². The Morgan fingerprint density at radius 1 is 0.952 bits per heavy atom. The predicted molar refractivity (Wildman–Crippen MR) is 165 cm³/mol. The molecule has 11 heteroatoms. The highest BCUT2D eigenvalue weighted by molar-refractivity contribution is 7.92. The monoisotopic (exact) mass is 631 g/mol. The lowest BCUT2D eigenvalue weighted by Gasteiger charge is -2.33. The molecular weight excluding hydrogens is 597 g/mol. The number of halogens is 2. The summed E-state index contributed by atoms with van der Waals surface area (Å²) in [5.74, 6) is -0.217. The number of sulfonamides is 1. The first-order valence-corrected chi connectivity index (χ1v) is 16.1. The van der Waals surface area contributed by atoms with Gasteiger partial charge in [-0.05, 0) is 61.7 Å². The van der Waals surface area contributed by atoms with Gasteiger partial charge < -0.3 is 15.0 Å². The van der Waals surface area contributed by atoms with Crippen LogP contribution in [0.4, 0.5) is 5.69 Å². The SMILES string of the molecule is COc1ccc(CN(C(=O)CN(c2cccc(Cl)c2Cl)S(=O)(=O)c2ccccc2)[C@@H](C)C(=O)NC2CCCCC2)cc1. The Bertz CT molecular complexity index is 1480. The van der Waals surface area contributed by atoms with E-state index in [4.69, 9.17) is 27.9 Å². The van der Waals surface area contributed by atoms with Gasteiger partial charge >= 0.3 is 0 Å². The highest BCUT2D eigenvalue weighted by atomic mass is 35.5. The van der Waals surface area contributed by atoms with Gasteiger partial charge in [-0.1, -0.05) is 78.9 Å². The number of hydrogen-bond acceptors (Lipinski definition) is 5. The molecule has 1 aliphatic rings. The number of benzene rings is 3. The highest BCUT2D eigenvalue weighted by Gasteiger charge is 2.34. The molecule has 3 aromatic carbocycles. The molecule has 2 amide bonds. The standard InChI is InChI=1S/C31H35Cl2N3O5S/c1-22(31(38)34-24-10-5-3-6-11-24)35(20-23-16-18-25(41-2)19-17-23)29(37)21-36(28-15-9-14-27(32)30(28)33)42(39,40)26-12-7-4-8-13-26/h4,7-9,12-19,22,24H,3,5-6,10-11,20-21H2,1-2H3,(H,34,38)/t22-/m0/s1. The Morgan fingerprint density at radius 3 is 2.26 bits per heavy atom. The molecule has 0 radical (unpaired) electrons. The van der Waals surface area contributed by atoms with Crippen molar-refractivity contribution in [3.63, 3.8) is 0 Å². The smallest absolute Gasteiger partial charge is 0.264 e. The van der Waals surface area contributed by atoms with E-state index < -0.39 is 28.5 Å². The molecule has 0 saturated heterocycles. The van der Waals surface area contributed by atoms with E-state index in [-0.39, 0.29) is 39.1 Å². The molecule has 0 heterocycles. The summed E-state index contributed by atoms with van der Waals surface area (Å²) in [7, 11) is -2.69. The minimum absolute atomic E-state index is 0.00346. The Balaban J connectivity index is 1.69. The summed E-state index contributed by atoms with van der Waals surface area (Å²) in [5.41, 5.74) is 0.810. The Kier molecular flexibility index (Phi) is 10.8. The molecule has 0 bridgehead atoms. The molecule has 0 spiro atoms. The second-order valence-electron chi connectivity index (χ2n) is 10.3. The average molecular weight is 633 g/mol. The van der Waals surface area contributed by atoms with E-state index in [0.29, 0.717) is 5.75 Å². The minimum Gasteiger partial charge on any atom is -0.497 e. The van der Waals surface area contributed by atoms with Gasteiger partial charge in [0.2, 0.25) is 11.8 Å². The third-order valence-electron chi connectivity index (χ3n) is 7.44. The van der Waals surface area contributed by atoms with Crippen LogP contribution in [0.2, 0.25) is 10.0 Å². The Labute approximate surface area is 257 Å². The molecule has 42 heavy (non-hydrogen) atoms. The van der Waals surface area contributed by atoms with Gasteiger partial charge in [-0.3, -0.25) is 13.9 Å². The number of nitrogens with one attached hydrogen (secondary N) is 1. The van der Waals surface area contributed by atoms with Crippen molar-refractivity contribution in [2.24, 2.45) is 0 Å². The van der Waals surface area contributed by atoms with Crippen molar-refractivity contribution in [1.29, 1.82) is 0 Å². The van der Waals surface area contributed by atoms with Crippen LogP contribution in [0.3, 0.4) is 0 Å². The van der Waals surface area contributed by atoms with Gasteiger partial charge in [-0.25, -0.2) is 8.42 Å². The molecule has 1 atom stereocenters. The molecule has 1 fully saturated rings. The molecule has 1 aliphatic carbocycles. The maximum absolute atomic E-state index is 14.1. The number of carbonyl (C=O) groups excluding carboxylic acids is 2. The lowest BCUT2D eigenvalue weighted by atomic mass is 9.95. The minimum atomic E-state index is -4.25. The molecule has 0 aromatic heterocycles. The fourth-order valence-corrected chi connectivity index (χ4v) is 6.89. The second-order valence-corrected chi connectivity index (χ2v) is 12.9. The summed E-state index contributed by atoms with van der Waals surface area (Å²) in [6, 6.07) is 18.7. The summed E-state index contributed by atoms with van der Waals surface area (Å²) in [4.78, 5) is 28.9. The van der Waals surface area contributed by atoms with E-state index in [2.05, 4.69) is 5.32 Å². The van der Waals surface area contributed by atoms with E-state index in [0.717, 1.165) is 42.0 Å². The first kappa shape index (κ1) is 31.7. The lowest BCUT2D eigenvalue weighted by Crippen LogP contribution is -2.53. The van der Waals surface area contributed by atoms with Gasteiger partial charge in [0.05, 0.1) is 27.7 Å². The van der Waals surface area contributed by atoms with Gasteiger partial charge in [0.15, 0.2) is 0 Å². The number of carbonyl (C=O) groups is 2. The zero-order chi connectivity index (χ0) is 30.3. The second kappa shape index (κ2) is 14.3. The van der Waals surface area contributed by atoms with E-state index in [1.807, 2.05) is 0 Å². The average Bonchev–Trinajstić information content (AvgIpc) is 3.01. The summed E-state index contributed by atoms with van der Waals surface area (Å²) in [6.45, 7) is 1.13. The number of hydrogen-bond donors (Lipinski definition) is 1.